The van der Waals surface area contributed by atoms with E-state index in [1.165, 1.54) is 0 Å². The highest BCUT2D eigenvalue weighted by Crippen LogP contribution is 2.25. The number of nitrogens with one attached hydrogen (secondary N) is 1. The van der Waals surface area contributed by atoms with Crippen molar-refractivity contribution in [1.29, 1.82) is 0 Å². The van der Waals surface area contributed by atoms with Crippen molar-refractivity contribution in [2.45, 2.75) is 32.4 Å². The number of aliphatic hydroxyl groups is 1. The summed E-state index contributed by atoms with van der Waals surface area (Å²) in [5, 5.41) is 12.4. The number of amides is 2. The second-order valence-corrected chi connectivity index (χ2v) is 6.66. The van der Waals surface area contributed by atoms with Crippen LogP contribution in [0.4, 0.5) is 0 Å². The quantitative estimate of drug-likeness (QED) is 0.692. The molecule has 2 aromatic rings. The summed E-state index contributed by atoms with van der Waals surface area (Å²) < 4.78 is 0. The zero-order valence-corrected chi connectivity index (χ0v) is 16.2. The molecule has 1 atom stereocenters. The molecule has 2 rings (SSSR count). The Bertz CT molecular complexity index is 735. The first kappa shape index (κ1) is 20.9. The first-order valence-corrected chi connectivity index (χ1v) is 9.42. The summed E-state index contributed by atoms with van der Waals surface area (Å²) in [5.41, 5.74) is 1.62. The molecule has 0 aliphatic rings. The van der Waals surface area contributed by atoms with Gasteiger partial charge >= 0.3 is 0 Å². The van der Waals surface area contributed by atoms with Crippen LogP contribution >= 0.6 is 11.6 Å². The van der Waals surface area contributed by atoms with E-state index in [1.807, 2.05) is 49.4 Å². The Hall–Kier alpha value is -2.37. The molecule has 2 aromatic carbocycles. The molecule has 2 N–H and O–H groups in total. The van der Waals surface area contributed by atoms with E-state index in [9.17, 15) is 9.59 Å². The monoisotopic (exact) mass is 388 g/mol. The third-order valence-corrected chi connectivity index (χ3v) is 4.39. The third-order valence-electron chi connectivity index (χ3n) is 4.14. The van der Waals surface area contributed by atoms with Gasteiger partial charge in [-0.3, -0.25) is 9.59 Å². The van der Waals surface area contributed by atoms with Crippen LogP contribution in [0, 0.1) is 0 Å². The van der Waals surface area contributed by atoms with Gasteiger partial charge in [0.05, 0.1) is 6.61 Å². The van der Waals surface area contributed by atoms with Gasteiger partial charge in [-0.05, 0) is 29.7 Å². The molecule has 144 valence electrons. The van der Waals surface area contributed by atoms with Crippen molar-refractivity contribution in [2.75, 3.05) is 13.2 Å². The van der Waals surface area contributed by atoms with Gasteiger partial charge in [0.25, 0.3) is 0 Å². The van der Waals surface area contributed by atoms with Gasteiger partial charge in [0.15, 0.2) is 0 Å². The Balaban J connectivity index is 2.39. The first-order chi connectivity index (χ1) is 13.1. The predicted octanol–water partition coefficient (Wildman–Crippen LogP) is 3.32. The van der Waals surface area contributed by atoms with E-state index in [4.69, 9.17) is 16.7 Å². The molecule has 0 saturated carbocycles. The number of hydrogen-bond donors (Lipinski definition) is 2. The van der Waals surface area contributed by atoms with Gasteiger partial charge in [0.1, 0.15) is 6.04 Å². The van der Waals surface area contributed by atoms with Gasteiger partial charge < -0.3 is 15.3 Å². The number of halogens is 1. The van der Waals surface area contributed by atoms with Crippen molar-refractivity contribution < 1.29 is 14.7 Å². The Morgan fingerprint density at radius 2 is 1.78 bits per heavy atom. The number of aliphatic hydroxyl groups excluding tert-OH is 1. The molecule has 0 aromatic heterocycles. The summed E-state index contributed by atoms with van der Waals surface area (Å²) in [6, 6.07) is 15.7. The molecule has 0 bridgehead atoms. The van der Waals surface area contributed by atoms with Gasteiger partial charge in [0, 0.05) is 24.5 Å². The lowest BCUT2D eigenvalue weighted by molar-refractivity contribution is -0.141. The predicted molar refractivity (Wildman–Crippen MR) is 106 cm³/mol. The SMILES string of the molecule is CCCC(=O)N(Cc1ccc(Cl)cc1)[C@H](C(=O)NCCO)c1ccccc1. The molecular formula is C21H25ClN2O3. The zero-order valence-electron chi connectivity index (χ0n) is 15.4. The summed E-state index contributed by atoms with van der Waals surface area (Å²) in [6.07, 6.45) is 1.04. The molecule has 2 amide bonds. The number of hydrogen-bond acceptors (Lipinski definition) is 3. The highest BCUT2D eigenvalue weighted by molar-refractivity contribution is 6.30. The first-order valence-electron chi connectivity index (χ1n) is 9.04. The van der Waals surface area contributed by atoms with E-state index in [0.717, 1.165) is 11.1 Å². The molecule has 27 heavy (non-hydrogen) atoms. The second kappa shape index (κ2) is 10.7. The number of nitrogens with zero attached hydrogens (tertiary/aromatic N) is 1. The van der Waals surface area contributed by atoms with Crippen LogP contribution in [0.25, 0.3) is 0 Å². The van der Waals surface area contributed by atoms with Crippen molar-refractivity contribution in [3.63, 3.8) is 0 Å². The number of benzene rings is 2. The van der Waals surface area contributed by atoms with Crippen LogP contribution in [0.3, 0.4) is 0 Å². The molecule has 0 aliphatic carbocycles. The second-order valence-electron chi connectivity index (χ2n) is 6.23. The van der Waals surface area contributed by atoms with Gasteiger partial charge in [-0.2, -0.15) is 0 Å². The molecule has 6 heteroatoms. The number of carbonyl (C=O) groups excluding carboxylic acids is 2. The standard InChI is InChI=1S/C21H25ClN2O3/c1-2-6-19(26)24(15-16-9-11-18(22)12-10-16)20(21(27)23-13-14-25)17-7-4-3-5-8-17/h3-5,7-12,20,25H,2,6,13-15H2,1H3,(H,23,27)/t20-/m0/s1. The Morgan fingerprint density at radius 3 is 2.37 bits per heavy atom. The molecule has 0 radical (unpaired) electrons. The minimum absolute atomic E-state index is 0.0968. The van der Waals surface area contributed by atoms with Crippen LogP contribution in [0.1, 0.15) is 36.9 Å². The molecule has 0 heterocycles. The average Bonchev–Trinajstić information content (AvgIpc) is 2.68. The fraction of sp³-hybridized carbons (Fsp3) is 0.333. The van der Waals surface area contributed by atoms with Crippen molar-refractivity contribution in [3.8, 4) is 0 Å². The highest BCUT2D eigenvalue weighted by atomic mass is 35.5. The molecule has 0 unspecified atom stereocenters. The van der Waals surface area contributed by atoms with Crippen molar-refractivity contribution >= 4 is 23.4 Å². The average molecular weight is 389 g/mol. The minimum atomic E-state index is -0.771. The maximum Gasteiger partial charge on any atom is 0.247 e. The van der Waals surface area contributed by atoms with E-state index in [2.05, 4.69) is 5.32 Å². The van der Waals surface area contributed by atoms with Gasteiger partial charge in [-0.25, -0.2) is 0 Å². The summed E-state index contributed by atoms with van der Waals surface area (Å²) in [6.45, 7) is 2.20. The maximum atomic E-state index is 12.9. The van der Waals surface area contributed by atoms with Gasteiger partial charge in [0.2, 0.25) is 11.8 Å². The third kappa shape index (κ3) is 6.08. The molecule has 0 spiro atoms. The van der Waals surface area contributed by atoms with Crippen LogP contribution in [-0.2, 0) is 16.1 Å². The van der Waals surface area contributed by atoms with E-state index in [-0.39, 0.29) is 25.0 Å². The fourth-order valence-corrected chi connectivity index (χ4v) is 2.98. The minimum Gasteiger partial charge on any atom is -0.395 e. The van der Waals surface area contributed by atoms with Crippen molar-refractivity contribution in [1.82, 2.24) is 10.2 Å². The lowest BCUT2D eigenvalue weighted by Crippen LogP contribution is -2.44. The Kier molecular flexibility index (Phi) is 8.30. The normalized spacial score (nSPS) is 11.7. The van der Waals surface area contributed by atoms with Crippen LogP contribution in [0.2, 0.25) is 5.02 Å². The maximum absolute atomic E-state index is 12.9. The van der Waals surface area contributed by atoms with Gasteiger partial charge in [-0.1, -0.05) is 61.0 Å². The van der Waals surface area contributed by atoms with E-state index >= 15 is 0 Å². The van der Waals surface area contributed by atoms with Crippen molar-refractivity contribution in [3.05, 3.63) is 70.7 Å². The smallest absolute Gasteiger partial charge is 0.247 e. The highest BCUT2D eigenvalue weighted by Gasteiger charge is 2.30. The molecule has 0 saturated heterocycles. The summed E-state index contributed by atoms with van der Waals surface area (Å²) in [5.74, 6) is -0.408. The molecule has 0 fully saturated rings. The molecular weight excluding hydrogens is 364 g/mol. The lowest BCUT2D eigenvalue weighted by atomic mass is 10.0. The van der Waals surface area contributed by atoms with E-state index in [0.29, 0.717) is 24.4 Å². The van der Waals surface area contributed by atoms with E-state index < -0.39 is 6.04 Å². The van der Waals surface area contributed by atoms with E-state index in [1.54, 1.807) is 17.0 Å². The van der Waals surface area contributed by atoms with Crippen LogP contribution in [-0.4, -0.2) is 35.0 Å². The molecule has 0 aliphatic heterocycles. The van der Waals surface area contributed by atoms with Crippen LogP contribution < -0.4 is 5.32 Å². The number of carbonyl (C=O) groups is 2. The molecule has 5 nitrogen and oxygen atoms in total. The Morgan fingerprint density at radius 1 is 1.11 bits per heavy atom. The summed E-state index contributed by atoms with van der Waals surface area (Å²) >= 11 is 5.96. The lowest BCUT2D eigenvalue weighted by Gasteiger charge is -2.31. The zero-order chi connectivity index (χ0) is 19.6. The fourth-order valence-electron chi connectivity index (χ4n) is 2.85. The van der Waals surface area contributed by atoms with Crippen LogP contribution in [0.5, 0.6) is 0 Å². The largest absolute Gasteiger partial charge is 0.395 e. The Labute approximate surface area is 165 Å². The van der Waals surface area contributed by atoms with Gasteiger partial charge in [-0.15, -0.1) is 0 Å². The summed E-state index contributed by atoms with van der Waals surface area (Å²) in [7, 11) is 0. The van der Waals surface area contributed by atoms with Crippen LogP contribution in [0.15, 0.2) is 54.6 Å². The number of rotatable bonds is 9. The van der Waals surface area contributed by atoms with Crippen molar-refractivity contribution in [2.24, 2.45) is 0 Å². The summed E-state index contributed by atoms with van der Waals surface area (Å²) in [4.78, 5) is 27.3. The topological polar surface area (TPSA) is 69.6 Å².